The highest BCUT2D eigenvalue weighted by molar-refractivity contribution is 5.78. The summed E-state index contributed by atoms with van der Waals surface area (Å²) in [5, 5.41) is 0. The van der Waals surface area contributed by atoms with E-state index in [9.17, 15) is 0 Å². The topological polar surface area (TPSA) is 6.25 Å². The zero-order valence-corrected chi connectivity index (χ0v) is 11.4. The molecule has 1 aliphatic rings. The van der Waals surface area contributed by atoms with E-state index < -0.39 is 0 Å². The molecule has 1 heterocycles. The summed E-state index contributed by atoms with van der Waals surface area (Å²) in [5.74, 6) is 0. The average molecular weight is 250 g/mol. The van der Waals surface area contributed by atoms with Crippen LogP contribution in [0.5, 0.6) is 0 Å². The molecule has 0 atom stereocenters. The number of anilines is 1. The Hall–Kier alpha value is -2.09. The first-order valence-electron chi connectivity index (χ1n) is 6.67. The molecule has 1 aliphatic heterocycles. The number of benzene rings is 2. The second-order valence-corrected chi connectivity index (χ2v) is 5.07. The monoisotopic (exact) mass is 250 g/mol. The maximum absolute atomic E-state index is 3.43. The van der Waals surface area contributed by atoms with E-state index in [4.69, 9.17) is 0 Å². The van der Waals surface area contributed by atoms with E-state index in [2.05, 4.69) is 78.2 Å². The van der Waals surface area contributed by atoms with Gasteiger partial charge in [0.1, 0.15) is 13.1 Å². The lowest BCUT2D eigenvalue weighted by molar-refractivity contribution is -0.424. The first kappa shape index (κ1) is 12.0. The molecule has 19 heavy (non-hydrogen) atoms. The summed E-state index contributed by atoms with van der Waals surface area (Å²) in [7, 11) is 0. The Kier molecular flexibility index (Phi) is 3.08. The molecule has 0 aliphatic carbocycles. The largest absolute Gasteiger partial charge is 0.334 e. The number of hydrogen-bond donors (Lipinski definition) is 0. The van der Waals surface area contributed by atoms with Gasteiger partial charge in [-0.25, -0.2) is 0 Å². The van der Waals surface area contributed by atoms with E-state index >= 15 is 0 Å². The van der Waals surface area contributed by atoms with E-state index in [-0.39, 0.29) is 0 Å². The van der Waals surface area contributed by atoms with Gasteiger partial charge in [-0.2, -0.15) is 0 Å². The van der Waals surface area contributed by atoms with Crippen molar-refractivity contribution in [1.82, 2.24) is 0 Å². The van der Waals surface area contributed by atoms with Gasteiger partial charge in [0.2, 0.25) is 6.34 Å². The second kappa shape index (κ2) is 4.88. The molecule has 3 rings (SSSR count). The maximum atomic E-state index is 3.43. The Morgan fingerprint density at radius 1 is 0.895 bits per heavy atom. The first-order valence-corrected chi connectivity index (χ1v) is 6.67. The van der Waals surface area contributed by atoms with Crippen molar-refractivity contribution in [2.75, 3.05) is 18.0 Å². The van der Waals surface area contributed by atoms with Crippen molar-refractivity contribution in [2.45, 2.75) is 13.8 Å². The van der Waals surface area contributed by atoms with Crippen LogP contribution >= 0.6 is 0 Å². The van der Waals surface area contributed by atoms with Gasteiger partial charge in [-0.15, -0.1) is 0 Å². The molecule has 2 aromatic rings. The molecule has 0 radical (unpaired) electrons. The molecule has 0 unspecified atom stereocenters. The summed E-state index contributed by atoms with van der Waals surface area (Å²) in [4.78, 5) is 2.18. The minimum Gasteiger partial charge on any atom is -0.334 e. The molecule has 0 saturated heterocycles. The smallest absolute Gasteiger partial charge is 0.206 e. The molecule has 0 aromatic heterocycles. The molecule has 2 aromatic carbocycles. The molecule has 0 spiro atoms. The predicted octanol–water partition coefficient (Wildman–Crippen LogP) is 3.37. The Morgan fingerprint density at radius 2 is 1.47 bits per heavy atom. The van der Waals surface area contributed by atoms with Crippen molar-refractivity contribution in [2.24, 2.45) is 0 Å². The van der Waals surface area contributed by atoms with Gasteiger partial charge in [0.15, 0.2) is 0 Å². The van der Waals surface area contributed by atoms with E-state index in [1.165, 1.54) is 22.5 Å². The minimum absolute atomic E-state index is 0.983. The van der Waals surface area contributed by atoms with Gasteiger partial charge in [-0.05, 0) is 13.8 Å². The lowest BCUT2D eigenvalue weighted by Crippen LogP contribution is -2.17. The highest BCUT2D eigenvalue weighted by Crippen LogP contribution is 2.19. The fourth-order valence-corrected chi connectivity index (χ4v) is 2.27. The normalized spacial score (nSPS) is 14.6. The number of nitrogens with zero attached hydrogens (tertiary/aromatic N) is 2. The summed E-state index contributed by atoms with van der Waals surface area (Å²) in [6, 6.07) is 17.2. The van der Waals surface area contributed by atoms with Crippen molar-refractivity contribution in [3.63, 3.8) is 0 Å². The van der Waals surface area contributed by atoms with Gasteiger partial charge < -0.3 is 9.48 Å². The van der Waals surface area contributed by atoms with Crippen LogP contribution in [-0.4, -0.2) is 24.0 Å². The Bertz CT molecular complexity index is 594. The van der Waals surface area contributed by atoms with Gasteiger partial charge in [0, 0.05) is 11.4 Å². The molecular formula is C17H18N2. The van der Waals surface area contributed by atoms with Gasteiger partial charge in [0.05, 0.1) is 0 Å². The third kappa shape index (κ3) is 2.53. The quantitative estimate of drug-likeness (QED) is 0.585. The third-order valence-electron chi connectivity index (χ3n) is 3.48. The SMILES string of the molecule is Cc1ccc(N2[C-]=[N+](c3ccc(C)cc3)CC2)cc1. The second-order valence-electron chi connectivity index (χ2n) is 5.07. The van der Waals surface area contributed by atoms with Crippen LogP contribution < -0.4 is 4.90 Å². The minimum atomic E-state index is 0.983. The van der Waals surface area contributed by atoms with Gasteiger partial charge >= 0.3 is 0 Å². The Labute approximate surface area is 114 Å². The molecule has 0 bridgehead atoms. The maximum Gasteiger partial charge on any atom is 0.206 e. The van der Waals surface area contributed by atoms with Crippen LogP contribution in [-0.2, 0) is 0 Å². The van der Waals surface area contributed by atoms with Gasteiger partial charge in [-0.1, -0.05) is 59.7 Å². The van der Waals surface area contributed by atoms with Crippen LogP contribution in [0.1, 0.15) is 11.1 Å². The van der Waals surface area contributed by atoms with Crippen molar-refractivity contribution in [3.8, 4) is 0 Å². The predicted molar refractivity (Wildman–Crippen MR) is 79.5 cm³/mol. The molecule has 0 saturated carbocycles. The number of hydrogen-bond acceptors (Lipinski definition) is 1. The molecule has 0 fully saturated rings. The zero-order chi connectivity index (χ0) is 13.2. The van der Waals surface area contributed by atoms with Crippen molar-refractivity contribution in [1.29, 1.82) is 0 Å². The fraction of sp³-hybridized carbons (Fsp3) is 0.235. The molecule has 2 heteroatoms. The van der Waals surface area contributed by atoms with E-state index in [1.807, 2.05) is 0 Å². The lowest BCUT2D eigenvalue weighted by atomic mass is 10.2. The van der Waals surface area contributed by atoms with Crippen molar-refractivity contribution < 1.29 is 4.58 Å². The van der Waals surface area contributed by atoms with E-state index in [0.29, 0.717) is 0 Å². The van der Waals surface area contributed by atoms with E-state index in [1.54, 1.807) is 0 Å². The Balaban J connectivity index is 1.84. The number of rotatable bonds is 2. The van der Waals surface area contributed by atoms with Crippen LogP contribution in [0.25, 0.3) is 0 Å². The van der Waals surface area contributed by atoms with Crippen LogP contribution in [0, 0.1) is 13.8 Å². The van der Waals surface area contributed by atoms with Crippen molar-refractivity contribution in [3.05, 3.63) is 59.7 Å². The molecule has 2 nitrogen and oxygen atoms in total. The molecule has 0 amide bonds. The summed E-state index contributed by atoms with van der Waals surface area (Å²) in [6.45, 7) is 6.19. The lowest BCUT2D eigenvalue weighted by Gasteiger charge is -2.12. The fourth-order valence-electron chi connectivity index (χ4n) is 2.27. The van der Waals surface area contributed by atoms with Crippen LogP contribution in [0.2, 0.25) is 0 Å². The summed E-state index contributed by atoms with van der Waals surface area (Å²) in [5.41, 5.74) is 5.00. The number of aryl methyl sites for hydroxylation is 2. The highest BCUT2D eigenvalue weighted by atomic mass is 15.3. The third-order valence-corrected chi connectivity index (χ3v) is 3.48. The van der Waals surface area contributed by atoms with Crippen LogP contribution in [0.3, 0.4) is 0 Å². The molecule has 0 N–H and O–H groups in total. The summed E-state index contributed by atoms with van der Waals surface area (Å²) >= 11 is 0. The average Bonchev–Trinajstić information content (AvgIpc) is 2.90. The molecular weight excluding hydrogens is 232 g/mol. The zero-order valence-electron chi connectivity index (χ0n) is 11.4. The van der Waals surface area contributed by atoms with Crippen molar-refractivity contribution >= 4 is 17.7 Å². The molecule has 96 valence electrons. The summed E-state index contributed by atoms with van der Waals surface area (Å²) in [6.07, 6.45) is 3.43. The standard InChI is InChI=1S/C17H18N2/c1-14-3-7-16(8-4-14)18-11-12-19(13-18)17-9-5-15(2)6-10-17/h3-10H,11-12H2,1-2H3. The van der Waals surface area contributed by atoms with Gasteiger partial charge in [-0.3, -0.25) is 0 Å². The van der Waals surface area contributed by atoms with E-state index in [0.717, 1.165) is 13.1 Å². The van der Waals surface area contributed by atoms with Crippen LogP contribution in [0.4, 0.5) is 11.4 Å². The van der Waals surface area contributed by atoms with Gasteiger partial charge in [0.25, 0.3) is 0 Å². The first-order chi connectivity index (χ1) is 9.22. The van der Waals surface area contributed by atoms with Crippen LogP contribution in [0.15, 0.2) is 48.5 Å². The summed E-state index contributed by atoms with van der Waals surface area (Å²) < 4.78 is 2.18. The highest BCUT2D eigenvalue weighted by Gasteiger charge is 2.15. The Morgan fingerprint density at radius 3 is 2.11 bits per heavy atom.